The van der Waals surface area contributed by atoms with Crippen LogP contribution in [-0.2, 0) is 16.0 Å². The Hall–Kier alpha value is -3.20. The second kappa shape index (κ2) is 10.2. The van der Waals surface area contributed by atoms with Crippen molar-refractivity contribution >= 4 is 5.97 Å². The molecule has 1 atom stereocenters. The number of pyridine rings is 1. The zero-order valence-electron chi connectivity index (χ0n) is 17.6. The molecule has 0 amide bonds. The van der Waals surface area contributed by atoms with Gasteiger partial charge in [-0.1, -0.05) is 0 Å². The Labute approximate surface area is 180 Å². The van der Waals surface area contributed by atoms with Crippen LogP contribution in [0.5, 0.6) is 5.75 Å². The molecule has 3 aromatic rings. The van der Waals surface area contributed by atoms with Gasteiger partial charge in [0.2, 0.25) is 0 Å². The third-order valence-corrected chi connectivity index (χ3v) is 5.04. The van der Waals surface area contributed by atoms with Crippen molar-refractivity contribution in [3.05, 3.63) is 48.5 Å². The highest BCUT2D eigenvalue weighted by atomic mass is 16.5. The molecular weight excluding hydrogens is 398 g/mol. The van der Waals surface area contributed by atoms with Gasteiger partial charge in [-0.2, -0.15) is 10.2 Å². The Balaban J connectivity index is 1.27. The predicted molar refractivity (Wildman–Crippen MR) is 113 cm³/mol. The van der Waals surface area contributed by atoms with Crippen LogP contribution in [-0.4, -0.2) is 50.3 Å². The molecule has 9 nitrogen and oxygen atoms in total. The van der Waals surface area contributed by atoms with Crippen molar-refractivity contribution in [3.8, 4) is 17.1 Å². The average Bonchev–Trinajstić information content (AvgIpc) is 3.48. The van der Waals surface area contributed by atoms with Gasteiger partial charge in [0.15, 0.2) is 6.23 Å². The number of nitrogens with zero attached hydrogens (tertiary/aromatic N) is 5. The van der Waals surface area contributed by atoms with Crippen molar-refractivity contribution in [2.75, 3.05) is 19.8 Å². The third kappa shape index (κ3) is 5.29. The Kier molecular flexibility index (Phi) is 6.93. The molecule has 1 aliphatic heterocycles. The largest absolute Gasteiger partial charge is 0.492 e. The molecule has 3 aromatic heterocycles. The van der Waals surface area contributed by atoms with Crippen molar-refractivity contribution in [1.82, 2.24) is 24.5 Å². The molecular formula is C22H27N5O4. The predicted octanol–water partition coefficient (Wildman–Crippen LogP) is 3.49. The van der Waals surface area contributed by atoms with E-state index in [1.807, 2.05) is 22.9 Å². The normalized spacial score (nSPS) is 16.2. The van der Waals surface area contributed by atoms with E-state index in [0.717, 1.165) is 43.7 Å². The van der Waals surface area contributed by atoms with Crippen LogP contribution in [0.25, 0.3) is 11.4 Å². The van der Waals surface area contributed by atoms with Gasteiger partial charge in [-0.05, 0) is 44.4 Å². The maximum absolute atomic E-state index is 11.7. The summed E-state index contributed by atoms with van der Waals surface area (Å²) in [6.45, 7) is 4.06. The molecule has 4 heterocycles. The summed E-state index contributed by atoms with van der Waals surface area (Å²) in [6.07, 6.45) is 10.6. The molecule has 0 bridgehead atoms. The lowest BCUT2D eigenvalue weighted by molar-refractivity contribution is -0.0384. The summed E-state index contributed by atoms with van der Waals surface area (Å²) in [5.74, 6) is 0.351. The molecule has 31 heavy (non-hydrogen) atoms. The van der Waals surface area contributed by atoms with E-state index >= 15 is 0 Å². The van der Waals surface area contributed by atoms with E-state index < -0.39 is 0 Å². The smallest absolute Gasteiger partial charge is 0.341 e. The first-order chi connectivity index (χ1) is 15.2. The van der Waals surface area contributed by atoms with Gasteiger partial charge >= 0.3 is 5.97 Å². The number of aryl methyl sites for hydroxylation is 1. The quantitative estimate of drug-likeness (QED) is 0.383. The van der Waals surface area contributed by atoms with Crippen LogP contribution >= 0.6 is 0 Å². The Morgan fingerprint density at radius 1 is 1.23 bits per heavy atom. The first kappa shape index (κ1) is 21.0. The van der Waals surface area contributed by atoms with Gasteiger partial charge in [-0.25, -0.2) is 9.48 Å². The van der Waals surface area contributed by atoms with E-state index in [9.17, 15) is 4.79 Å². The van der Waals surface area contributed by atoms with Crippen LogP contribution in [0.1, 0.15) is 49.2 Å². The molecule has 0 spiro atoms. The van der Waals surface area contributed by atoms with Gasteiger partial charge in [0, 0.05) is 32.0 Å². The lowest BCUT2D eigenvalue weighted by Crippen LogP contribution is -2.20. The third-order valence-electron chi connectivity index (χ3n) is 5.04. The van der Waals surface area contributed by atoms with Crippen LogP contribution in [0.4, 0.5) is 0 Å². The van der Waals surface area contributed by atoms with Crippen LogP contribution in [0, 0.1) is 0 Å². The lowest BCUT2D eigenvalue weighted by atomic mass is 10.2. The zero-order valence-corrected chi connectivity index (χ0v) is 17.6. The van der Waals surface area contributed by atoms with Gasteiger partial charge in [0.05, 0.1) is 42.6 Å². The number of carbonyl (C=O) groups is 1. The number of ether oxygens (including phenoxy) is 3. The first-order valence-electron chi connectivity index (χ1n) is 10.7. The molecule has 9 heteroatoms. The van der Waals surface area contributed by atoms with E-state index in [-0.39, 0.29) is 12.2 Å². The minimum Gasteiger partial charge on any atom is -0.492 e. The molecule has 0 aliphatic carbocycles. The number of esters is 1. The number of rotatable bonds is 9. The van der Waals surface area contributed by atoms with Gasteiger partial charge < -0.3 is 14.2 Å². The first-order valence-corrected chi connectivity index (χ1v) is 10.7. The van der Waals surface area contributed by atoms with E-state index in [2.05, 4.69) is 15.2 Å². The number of aromatic nitrogens is 5. The molecule has 0 N–H and O–H groups in total. The van der Waals surface area contributed by atoms with E-state index in [1.54, 1.807) is 30.2 Å². The molecule has 1 saturated heterocycles. The molecule has 1 fully saturated rings. The molecule has 4 rings (SSSR count). The monoisotopic (exact) mass is 425 g/mol. The molecule has 1 unspecified atom stereocenters. The highest BCUT2D eigenvalue weighted by molar-refractivity contribution is 5.88. The minimum absolute atomic E-state index is 0.0249. The van der Waals surface area contributed by atoms with Crippen LogP contribution in [0.3, 0.4) is 0 Å². The van der Waals surface area contributed by atoms with Crippen molar-refractivity contribution in [1.29, 1.82) is 0 Å². The summed E-state index contributed by atoms with van der Waals surface area (Å²) < 4.78 is 20.2. The minimum atomic E-state index is -0.354. The van der Waals surface area contributed by atoms with Crippen LogP contribution in [0.2, 0.25) is 0 Å². The molecule has 0 radical (unpaired) electrons. The standard InChI is InChI=1S/C22H27N5O4/c1-2-29-22(28)17-14-25-26(16-17)11-5-13-30-18-7-8-19(23-15-18)20-9-10-24-27(20)21-6-3-4-12-31-21/h7-10,14-16,21H,2-6,11-13H2,1H3. The van der Waals surface area contributed by atoms with E-state index in [0.29, 0.717) is 31.1 Å². The fraction of sp³-hybridized carbons (Fsp3) is 0.455. The SMILES string of the molecule is CCOC(=O)c1cnn(CCCOc2ccc(-c3ccnn3C3CCCCO3)nc2)c1. The van der Waals surface area contributed by atoms with Crippen molar-refractivity contribution in [2.45, 2.75) is 45.4 Å². The fourth-order valence-electron chi connectivity index (χ4n) is 3.50. The highest BCUT2D eigenvalue weighted by Gasteiger charge is 2.20. The van der Waals surface area contributed by atoms with Crippen molar-refractivity contribution < 1.29 is 19.0 Å². The second-order valence-corrected chi connectivity index (χ2v) is 7.28. The molecule has 0 saturated carbocycles. The number of carbonyl (C=O) groups excluding carboxylic acids is 1. The maximum Gasteiger partial charge on any atom is 0.341 e. The van der Waals surface area contributed by atoms with Gasteiger partial charge in [0.25, 0.3) is 0 Å². The highest BCUT2D eigenvalue weighted by Crippen LogP contribution is 2.27. The lowest BCUT2D eigenvalue weighted by Gasteiger charge is -2.24. The maximum atomic E-state index is 11.7. The Morgan fingerprint density at radius 3 is 2.94 bits per heavy atom. The Morgan fingerprint density at radius 2 is 2.16 bits per heavy atom. The topological polar surface area (TPSA) is 93.3 Å². The molecule has 1 aliphatic rings. The molecule has 164 valence electrons. The van der Waals surface area contributed by atoms with Gasteiger partial charge in [0.1, 0.15) is 5.75 Å². The summed E-state index contributed by atoms with van der Waals surface area (Å²) in [5.41, 5.74) is 2.23. The summed E-state index contributed by atoms with van der Waals surface area (Å²) >= 11 is 0. The number of hydrogen-bond donors (Lipinski definition) is 0. The average molecular weight is 425 g/mol. The Bertz CT molecular complexity index is 976. The fourth-order valence-corrected chi connectivity index (χ4v) is 3.50. The second-order valence-electron chi connectivity index (χ2n) is 7.28. The molecule has 0 aromatic carbocycles. The summed E-state index contributed by atoms with van der Waals surface area (Å²) in [4.78, 5) is 16.2. The number of hydrogen-bond acceptors (Lipinski definition) is 7. The van der Waals surface area contributed by atoms with Crippen LogP contribution < -0.4 is 4.74 Å². The summed E-state index contributed by atoms with van der Waals surface area (Å²) in [7, 11) is 0. The van der Waals surface area contributed by atoms with E-state index in [4.69, 9.17) is 14.2 Å². The van der Waals surface area contributed by atoms with Gasteiger partial charge in [-0.3, -0.25) is 9.67 Å². The van der Waals surface area contributed by atoms with Crippen LogP contribution in [0.15, 0.2) is 43.0 Å². The van der Waals surface area contributed by atoms with Crippen molar-refractivity contribution in [2.24, 2.45) is 0 Å². The zero-order chi connectivity index (χ0) is 21.5. The van der Waals surface area contributed by atoms with Gasteiger partial charge in [-0.15, -0.1) is 0 Å². The summed E-state index contributed by atoms with van der Waals surface area (Å²) in [6, 6.07) is 5.80. The van der Waals surface area contributed by atoms with E-state index in [1.165, 1.54) is 6.20 Å². The van der Waals surface area contributed by atoms with Crippen molar-refractivity contribution in [3.63, 3.8) is 0 Å². The summed E-state index contributed by atoms with van der Waals surface area (Å²) in [5, 5.41) is 8.61.